The van der Waals surface area contributed by atoms with Crippen molar-refractivity contribution >= 4 is 17.6 Å². The molecule has 0 aromatic heterocycles. The van der Waals surface area contributed by atoms with Crippen LogP contribution in [0.25, 0.3) is 0 Å². The van der Waals surface area contributed by atoms with Gasteiger partial charge in [0.05, 0.1) is 26.4 Å². The average Bonchev–Trinajstić information content (AvgIpc) is 2.68. The van der Waals surface area contributed by atoms with Gasteiger partial charge in [0.25, 0.3) is 5.91 Å². The minimum Gasteiger partial charge on any atom is -0.494 e. The van der Waals surface area contributed by atoms with Gasteiger partial charge in [0.1, 0.15) is 5.75 Å². The number of amides is 1. The third-order valence-electron chi connectivity index (χ3n) is 3.71. The fraction of sp³-hybridized carbons (Fsp3) is 0.300. The molecule has 0 aliphatic rings. The number of anilines is 1. The number of benzene rings is 2. The van der Waals surface area contributed by atoms with Crippen molar-refractivity contribution in [1.29, 1.82) is 0 Å². The van der Waals surface area contributed by atoms with E-state index in [2.05, 4.69) is 5.32 Å². The molecular weight excluding hydrogens is 350 g/mol. The Bertz CT molecular complexity index is 788. The van der Waals surface area contributed by atoms with Crippen molar-refractivity contribution in [3.63, 3.8) is 0 Å². The lowest BCUT2D eigenvalue weighted by molar-refractivity contribution is -0.123. The predicted octanol–water partition coefficient (Wildman–Crippen LogP) is 3.29. The Kier molecular flexibility index (Phi) is 7.05. The van der Waals surface area contributed by atoms with Crippen LogP contribution in [0.15, 0.2) is 42.5 Å². The van der Waals surface area contributed by atoms with Crippen molar-refractivity contribution in [2.45, 2.75) is 20.0 Å². The zero-order chi connectivity index (χ0) is 19.8. The van der Waals surface area contributed by atoms with E-state index in [-0.39, 0.29) is 5.56 Å². The molecule has 1 unspecified atom stereocenters. The molecule has 0 fully saturated rings. The SMILES string of the molecule is CCOc1ccc(NC(=O)C(C)OC(=O)c2ccc(OC)c(OC)c2)cc1. The van der Waals surface area contributed by atoms with Crippen LogP contribution in [0.3, 0.4) is 0 Å². The first-order chi connectivity index (χ1) is 13.0. The standard InChI is InChI=1S/C20H23NO6/c1-5-26-16-9-7-15(8-10-16)21-19(22)13(2)27-20(23)14-6-11-17(24-3)18(12-14)25-4/h6-13H,5H2,1-4H3,(H,21,22). The number of carbonyl (C=O) groups is 2. The minimum atomic E-state index is -0.975. The number of hydrogen-bond acceptors (Lipinski definition) is 6. The summed E-state index contributed by atoms with van der Waals surface area (Å²) < 4.78 is 20.9. The van der Waals surface area contributed by atoms with Crippen molar-refractivity contribution in [2.24, 2.45) is 0 Å². The summed E-state index contributed by atoms with van der Waals surface area (Å²) in [5.74, 6) is 0.537. The summed E-state index contributed by atoms with van der Waals surface area (Å²) >= 11 is 0. The Hall–Kier alpha value is -3.22. The van der Waals surface area contributed by atoms with Gasteiger partial charge >= 0.3 is 5.97 Å². The Balaban J connectivity index is 1.98. The van der Waals surface area contributed by atoms with Crippen LogP contribution in [0.5, 0.6) is 17.2 Å². The van der Waals surface area contributed by atoms with Gasteiger partial charge < -0.3 is 24.3 Å². The molecule has 0 aliphatic carbocycles. The highest BCUT2D eigenvalue weighted by Gasteiger charge is 2.20. The molecular formula is C20H23NO6. The van der Waals surface area contributed by atoms with Crippen LogP contribution < -0.4 is 19.5 Å². The maximum Gasteiger partial charge on any atom is 0.339 e. The van der Waals surface area contributed by atoms with Gasteiger partial charge in [-0.3, -0.25) is 4.79 Å². The first-order valence-corrected chi connectivity index (χ1v) is 8.45. The third kappa shape index (κ3) is 5.37. The molecule has 0 spiro atoms. The Morgan fingerprint density at radius 1 is 1.00 bits per heavy atom. The van der Waals surface area contributed by atoms with Crippen LogP contribution in [0.2, 0.25) is 0 Å². The van der Waals surface area contributed by atoms with E-state index in [0.29, 0.717) is 29.5 Å². The lowest BCUT2D eigenvalue weighted by atomic mass is 10.2. The van der Waals surface area contributed by atoms with Crippen molar-refractivity contribution in [1.82, 2.24) is 0 Å². The second kappa shape index (κ2) is 9.47. The van der Waals surface area contributed by atoms with Crippen molar-refractivity contribution in [3.05, 3.63) is 48.0 Å². The predicted molar refractivity (Wildman–Crippen MR) is 101 cm³/mol. The Morgan fingerprint density at radius 2 is 1.67 bits per heavy atom. The van der Waals surface area contributed by atoms with Crippen molar-refractivity contribution in [2.75, 3.05) is 26.1 Å². The fourth-order valence-corrected chi connectivity index (χ4v) is 2.29. The summed E-state index contributed by atoms with van der Waals surface area (Å²) in [5, 5.41) is 2.69. The van der Waals surface area contributed by atoms with Gasteiger partial charge in [0, 0.05) is 5.69 Å². The summed E-state index contributed by atoms with van der Waals surface area (Å²) in [6.45, 7) is 3.96. The highest BCUT2D eigenvalue weighted by Crippen LogP contribution is 2.28. The number of hydrogen-bond donors (Lipinski definition) is 1. The Labute approximate surface area is 158 Å². The molecule has 0 saturated heterocycles. The highest BCUT2D eigenvalue weighted by molar-refractivity contribution is 5.97. The van der Waals surface area contributed by atoms with E-state index >= 15 is 0 Å². The van der Waals surface area contributed by atoms with Gasteiger partial charge in [-0.25, -0.2) is 4.79 Å². The van der Waals surface area contributed by atoms with E-state index in [9.17, 15) is 9.59 Å². The molecule has 0 aliphatic heterocycles. The number of carbonyl (C=O) groups excluding carboxylic acids is 2. The van der Waals surface area contributed by atoms with Gasteiger partial charge in [-0.15, -0.1) is 0 Å². The van der Waals surface area contributed by atoms with Gasteiger partial charge in [0.2, 0.25) is 0 Å². The number of methoxy groups -OCH3 is 2. The van der Waals surface area contributed by atoms with Crippen LogP contribution in [-0.2, 0) is 9.53 Å². The summed E-state index contributed by atoms with van der Waals surface area (Å²) in [4.78, 5) is 24.5. The largest absolute Gasteiger partial charge is 0.494 e. The van der Waals surface area contributed by atoms with Crippen molar-refractivity contribution in [3.8, 4) is 17.2 Å². The fourth-order valence-electron chi connectivity index (χ4n) is 2.29. The van der Waals surface area contributed by atoms with Crippen LogP contribution in [-0.4, -0.2) is 38.8 Å². The van der Waals surface area contributed by atoms with Gasteiger partial charge in [0.15, 0.2) is 17.6 Å². The maximum atomic E-state index is 12.3. The zero-order valence-electron chi connectivity index (χ0n) is 15.8. The van der Waals surface area contributed by atoms with E-state index in [0.717, 1.165) is 0 Å². The zero-order valence-corrected chi connectivity index (χ0v) is 15.8. The van der Waals surface area contributed by atoms with E-state index in [1.54, 1.807) is 36.4 Å². The molecule has 2 aromatic carbocycles. The molecule has 2 rings (SSSR count). The summed E-state index contributed by atoms with van der Waals surface area (Å²) in [6.07, 6.45) is -0.975. The summed E-state index contributed by atoms with van der Waals surface area (Å²) in [5.41, 5.74) is 0.839. The molecule has 7 heteroatoms. The van der Waals surface area contributed by atoms with Crippen LogP contribution in [0, 0.1) is 0 Å². The monoisotopic (exact) mass is 373 g/mol. The number of nitrogens with one attached hydrogen (secondary N) is 1. The van der Waals surface area contributed by atoms with E-state index in [4.69, 9.17) is 18.9 Å². The second-order valence-electron chi connectivity index (χ2n) is 5.56. The molecule has 1 amide bonds. The molecule has 0 heterocycles. The first-order valence-electron chi connectivity index (χ1n) is 8.45. The molecule has 144 valence electrons. The topological polar surface area (TPSA) is 83.1 Å². The third-order valence-corrected chi connectivity index (χ3v) is 3.71. The smallest absolute Gasteiger partial charge is 0.339 e. The highest BCUT2D eigenvalue weighted by atomic mass is 16.5. The van der Waals surface area contributed by atoms with Gasteiger partial charge in [-0.1, -0.05) is 0 Å². The average molecular weight is 373 g/mol. The van der Waals surface area contributed by atoms with Crippen LogP contribution >= 0.6 is 0 Å². The molecule has 1 atom stereocenters. The quantitative estimate of drug-likeness (QED) is 0.715. The normalized spacial score (nSPS) is 11.3. The minimum absolute atomic E-state index is 0.258. The molecule has 0 bridgehead atoms. The molecule has 27 heavy (non-hydrogen) atoms. The summed E-state index contributed by atoms with van der Waals surface area (Å²) in [7, 11) is 2.98. The lowest BCUT2D eigenvalue weighted by Gasteiger charge is -2.15. The number of esters is 1. The molecule has 0 saturated carbocycles. The first kappa shape index (κ1) is 20.1. The second-order valence-corrected chi connectivity index (χ2v) is 5.56. The van der Waals surface area contributed by atoms with Crippen LogP contribution in [0.1, 0.15) is 24.2 Å². The molecule has 7 nitrogen and oxygen atoms in total. The van der Waals surface area contributed by atoms with E-state index < -0.39 is 18.0 Å². The van der Waals surface area contributed by atoms with Gasteiger partial charge in [-0.05, 0) is 56.3 Å². The molecule has 2 aromatic rings. The van der Waals surface area contributed by atoms with E-state index in [1.165, 1.54) is 27.2 Å². The molecule has 0 radical (unpaired) electrons. The maximum absolute atomic E-state index is 12.3. The lowest BCUT2D eigenvalue weighted by Crippen LogP contribution is -2.30. The van der Waals surface area contributed by atoms with E-state index in [1.807, 2.05) is 6.92 Å². The molecule has 1 N–H and O–H groups in total. The van der Waals surface area contributed by atoms with Gasteiger partial charge in [-0.2, -0.15) is 0 Å². The number of ether oxygens (including phenoxy) is 4. The summed E-state index contributed by atoms with van der Waals surface area (Å²) in [6, 6.07) is 11.6. The van der Waals surface area contributed by atoms with Crippen molar-refractivity contribution < 1.29 is 28.5 Å². The number of rotatable bonds is 8. The Morgan fingerprint density at radius 3 is 2.26 bits per heavy atom. The van der Waals surface area contributed by atoms with Crippen LogP contribution in [0.4, 0.5) is 5.69 Å².